The molecular weight excluding hydrogens is 356 g/mol. The van der Waals surface area contributed by atoms with Crippen LogP contribution in [0.4, 0.5) is 0 Å². The Morgan fingerprint density at radius 2 is 1.62 bits per heavy atom. The normalized spacial score (nSPS) is 12.6. The van der Waals surface area contributed by atoms with Gasteiger partial charge in [-0.05, 0) is 29.8 Å². The lowest BCUT2D eigenvalue weighted by Gasteiger charge is -2.15. The third-order valence-electron chi connectivity index (χ3n) is 3.78. The zero-order valence-corrected chi connectivity index (χ0v) is 15.2. The van der Waals surface area contributed by atoms with Gasteiger partial charge in [0.15, 0.2) is 0 Å². The standard InChI is InChI=1S/C18H20N2O5S/c1-20(2)26(24,25)15-10-8-14(9-11-15)17(21)19-16(18(22)23)12-13-6-4-3-5-7-13/h3-11,16H,12H2,1-2H3,(H,19,21)(H,22,23)/t16-/m1/s1. The highest BCUT2D eigenvalue weighted by Gasteiger charge is 2.22. The largest absolute Gasteiger partial charge is 0.480 e. The highest BCUT2D eigenvalue weighted by Crippen LogP contribution is 2.14. The molecule has 2 rings (SSSR count). The number of carbonyl (C=O) groups excluding carboxylic acids is 1. The Kier molecular flexibility index (Phi) is 6.12. The molecule has 0 saturated heterocycles. The highest BCUT2D eigenvalue weighted by atomic mass is 32.2. The minimum Gasteiger partial charge on any atom is -0.480 e. The molecule has 0 fully saturated rings. The second-order valence-electron chi connectivity index (χ2n) is 5.87. The number of carboxylic acids is 1. The fraction of sp³-hybridized carbons (Fsp3) is 0.222. The van der Waals surface area contributed by atoms with E-state index in [-0.39, 0.29) is 16.9 Å². The van der Waals surface area contributed by atoms with Crippen molar-refractivity contribution in [2.24, 2.45) is 0 Å². The van der Waals surface area contributed by atoms with Crippen LogP contribution in [-0.2, 0) is 21.2 Å². The molecule has 0 unspecified atom stereocenters. The molecule has 26 heavy (non-hydrogen) atoms. The number of hydrogen-bond acceptors (Lipinski definition) is 4. The summed E-state index contributed by atoms with van der Waals surface area (Å²) >= 11 is 0. The van der Waals surface area contributed by atoms with Crippen LogP contribution in [0.3, 0.4) is 0 Å². The number of rotatable bonds is 7. The van der Waals surface area contributed by atoms with Gasteiger partial charge in [-0.1, -0.05) is 30.3 Å². The number of aliphatic carboxylic acids is 1. The molecule has 0 spiro atoms. The smallest absolute Gasteiger partial charge is 0.326 e. The number of hydrogen-bond donors (Lipinski definition) is 2. The van der Waals surface area contributed by atoms with Gasteiger partial charge >= 0.3 is 5.97 Å². The van der Waals surface area contributed by atoms with Crippen LogP contribution < -0.4 is 5.32 Å². The SMILES string of the molecule is CN(C)S(=O)(=O)c1ccc(C(=O)N[C@H](Cc2ccccc2)C(=O)O)cc1. The molecule has 0 radical (unpaired) electrons. The quantitative estimate of drug-likeness (QED) is 0.759. The van der Waals surface area contributed by atoms with Gasteiger partial charge in [0.05, 0.1) is 4.90 Å². The van der Waals surface area contributed by atoms with E-state index in [2.05, 4.69) is 5.32 Å². The molecule has 2 aromatic rings. The highest BCUT2D eigenvalue weighted by molar-refractivity contribution is 7.89. The summed E-state index contributed by atoms with van der Waals surface area (Å²) in [6.07, 6.45) is 0.148. The van der Waals surface area contributed by atoms with Crippen LogP contribution in [0.15, 0.2) is 59.5 Å². The van der Waals surface area contributed by atoms with E-state index < -0.39 is 27.9 Å². The molecule has 8 heteroatoms. The monoisotopic (exact) mass is 376 g/mol. The fourth-order valence-corrected chi connectivity index (χ4v) is 3.18. The van der Waals surface area contributed by atoms with Crippen molar-refractivity contribution in [3.8, 4) is 0 Å². The average molecular weight is 376 g/mol. The van der Waals surface area contributed by atoms with Crippen molar-refractivity contribution in [1.82, 2.24) is 9.62 Å². The van der Waals surface area contributed by atoms with Gasteiger partial charge in [-0.15, -0.1) is 0 Å². The van der Waals surface area contributed by atoms with Crippen LogP contribution >= 0.6 is 0 Å². The van der Waals surface area contributed by atoms with Gasteiger partial charge in [0.1, 0.15) is 6.04 Å². The molecule has 2 aromatic carbocycles. The Labute approximate surface area is 152 Å². The number of carboxylic acid groups (broad SMARTS) is 1. The van der Waals surface area contributed by atoms with E-state index in [0.717, 1.165) is 9.87 Å². The molecule has 1 atom stereocenters. The van der Waals surface area contributed by atoms with Crippen molar-refractivity contribution < 1.29 is 23.1 Å². The first kappa shape index (κ1) is 19.6. The number of carbonyl (C=O) groups is 2. The number of benzene rings is 2. The molecule has 138 valence electrons. The van der Waals surface area contributed by atoms with E-state index in [1.807, 2.05) is 6.07 Å². The molecule has 0 bridgehead atoms. The van der Waals surface area contributed by atoms with E-state index in [9.17, 15) is 23.1 Å². The fourth-order valence-electron chi connectivity index (χ4n) is 2.28. The summed E-state index contributed by atoms with van der Waals surface area (Å²) < 4.78 is 25.1. The average Bonchev–Trinajstić information content (AvgIpc) is 2.61. The van der Waals surface area contributed by atoms with Gasteiger partial charge in [-0.25, -0.2) is 17.5 Å². The number of amides is 1. The van der Waals surface area contributed by atoms with E-state index in [1.165, 1.54) is 38.4 Å². The summed E-state index contributed by atoms with van der Waals surface area (Å²) in [5, 5.41) is 11.8. The van der Waals surface area contributed by atoms with Crippen molar-refractivity contribution in [1.29, 1.82) is 0 Å². The molecular formula is C18H20N2O5S. The summed E-state index contributed by atoms with van der Waals surface area (Å²) in [5.41, 5.74) is 0.967. The number of nitrogens with zero attached hydrogens (tertiary/aromatic N) is 1. The lowest BCUT2D eigenvalue weighted by molar-refractivity contribution is -0.139. The van der Waals surface area contributed by atoms with Crippen molar-refractivity contribution in [3.63, 3.8) is 0 Å². The minimum atomic E-state index is -3.59. The van der Waals surface area contributed by atoms with Gasteiger partial charge in [0, 0.05) is 26.1 Å². The molecule has 0 saturated carbocycles. The summed E-state index contributed by atoms with van der Waals surface area (Å²) in [5.74, 6) is -1.73. The van der Waals surface area contributed by atoms with Crippen molar-refractivity contribution >= 4 is 21.9 Å². The predicted molar refractivity (Wildman–Crippen MR) is 96.4 cm³/mol. The summed E-state index contributed by atoms with van der Waals surface area (Å²) in [4.78, 5) is 23.8. The molecule has 2 N–H and O–H groups in total. The molecule has 0 aliphatic carbocycles. The van der Waals surface area contributed by atoms with Crippen LogP contribution in [-0.4, -0.2) is 49.8 Å². The maximum atomic E-state index is 12.3. The lowest BCUT2D eigenvalue weighted by atomic mass is 10.1. The van der Waals surface area contributed by atoms with E-state index in [1.54, 1.807) is 24.3 Å². The van der Waals surface area contributed by atoms with Gasteiger partial charge < -0.3 is 10.4 Å². The summed E-state index contributed by atoms with van der Waals surface area (Å²) in [6.45, 7) is 0. The van der Waals surface area contributed by atoms with Gasteiger partial charge in [0.25, 0.3) is 5.91 Å². The third-order valence-corrected chi connectivity index (χ3v) is 5.61. The lowest BCUT2D eigenvalue weighted by Crippen LogP contribution is -2.42. The first-order valence-electron chi connectivity index (χ1n) is 7.82. The van der Waals surface area contributed by atoms with E-state index in [4.69, 9.17) is 0 Å². The van der Waals surface area contributed by atoms with E-state index in [0.29, 0.717) is 0 Å². The predicted octanol–water partition coefficient (Wildman–Crippen LogP) is 1.36. The Balaban J connectivity index is 2.13. The third kappa shape index (κ3) is 4.68. The molecule has 1 amide bonds. The van der Waals surface area contributed by atoms with Gasteiger partial charge in [0.2, 0.25) is 10.0 Å². The Hall–Kier alpha value is -2.71. The van der Waals surface area contributed by atoms with Crippen LogP contribution in [0.25, 0.3) is 0 Å². The van der Waals surface area contributed by atoms with Crippen LogP contribution in [0.1, 0.15) is 15.9 Å². The first-order chi connectivity index (χ1) is 12.2. The second-order valence-corrected chi connectivity index (χ2v) is 8.02. The number of sulfonamides is 1. The summed E-state index contributed by atoms with van der Waals surface area (Å²) in [7, 11) is -0.762. The Morgan fingerprint density at radius 1 is 1.04 bits per heavy atom. The summed E-state index contributed by atoms with van der Waals surface area (Å²) in [6, 6.07) is 13.2. The molecule has 0 aromatic heterocycles. The Morgan fingerprint density at radius 3 is 2.12 bits per heavy atom. The van der Waals surface area contributed by atoms with Crippen molar-refractivity contribution in [3.05, 3.63) is 65.7 Å². The van der Waals surface area contributed by atoms with Gasteiger partial charge in [-0.2, -0.15) is 0 Å². The zero-order valence-electron chi connectivity index (χ0n) is 14.4. The van der Waals surface area contributed by atoms with Gasteiger partial charge in [-0.3, -0.25) is 4.79 Å². The van der Waals surface area contributed by atoms with Crippen molar-refractivity contribution in [2.45, 2.75) is 17.4 Å². The molecule has 0 aliphatic rings. The van der Waals surface area contributed by atoms with Crippen LogP contribution in [0.5, 0.6) is 0 Å². The first-order valence-corrected chi connectivity index (χ1v) is 9.26. The molecule has 0 aliphatic heterocycles. The minimum absolute atomic E-state index is 0.0538. The maximum Gasteiger partial charge on any atom is 0.326 e. The second kappa shape index (κ2) is 8.11. The molecule has 0 heterocycles. The number of nitrogens with one attached hydrogen (secondary N) is 1. The van der Waals surface area contributed by atoms with Crippen LogP contribution in [0, 0.1) is 0 Å². The Bertz CT molecular complexity index is 878. The van der Waals surface area contributed by atoms with Crippen LogP contribution in [0.2, 0.25) is 0 Å². The maximum absolute atomic E-state index is 12.3. The van der Waals surface area contributed by atoms with E-state index >= 15 is 0 Å². The molecule has 7 nitrogen and oxygen atoms in total. The van der Waals surface area contributed by atoms with Crippen molar-refractivity contribution in [2.75, 3.05) is 14.1 Å². The zero-order chi connectivity index (χ0) is 19.3. The topological polar surface area (TPSA) is 104 Å².